The van der Waals surface area contributed by atoms with Gasteiger partial charge in [0.25, 0.3) is 5.91 Å². The highest BCUT2D eigenvalue weighted by Gasteiger charge is 2.49. The van der Waals surface area contributed by atoms with Gasteiger partial charge in [-0.3, -0.25) is 14.6 Å². The normalized spacial score (nSPS) is 20.3. The molecule has 4 aromatic rings. The number of aliphatic carboxylic acids is 1. The maximum atomic E-state index is 14.0. The SMILES string of the molecule is COc1ccc2c(O[C@@H]3C[C@@H](C(=O)NC4(C(=O)O)CCC4)N(C(=O)c4ccc5c(c4)OCO5)C3)cc(-c3ccc4c(n3)CCCC4)nc2c1. The average molecular weight is 665 g/mol. The van der Waals surface area contributed by atoms with Crippen molar-refractivity contribution in [2.45, 2.75) is 69.1 Å². The van der Waals surface area contributed by atoms with Crippen LogP contribution in [0.5, 0.6) is 23.0 Å². The Morgan fingerprint density at radius 3 is 2.57 bits per heavy atom. The van der Waals surface area contributed by atoms with Crippen molar-refractivity contribution < 1.29 is 38.4 Å². The van der Waals surface area contributed by atoms with Crippen LogP contribution in [-0.4, -0.2) is 75.9 Å². The van der Waals surface area contributed by atoms with Crippen LogP contribution >= 0.6 is 0 Å². The summed E-state index contributed by atoms with van der Waals surface area (Å²) in [5.41, 5.74) is 3.37. The predicted molar refractivity (Wildman–Crippen MR) is 177 cm³/mol. The Morgan fingerprint density at radius 1 is 0.939 bits per heavy atom. The topological polar surface area (TPSA) is 149 Å². The van der Waals surface area contributed by atoms with Crippen LogP contribution in [0.1, 0.15) is 60.1 Å². The molecule has 1 saturated carbocycles. The summed E-state index contributed by atoms with van der Waals surface area (Å²) in [4.78, 5) is 51.4. The molecule has 252 valence electrons. The molecule has 2 aromatic carbocycles. The molecule has 4 aliphatic rings. The molecule has 2 amide bonds. The minimum Gasteiger partial charge on any atom is -0.497 e. The summed E-state index contributed by atoms with van der Waals surface area (Å²) in [6.07, 6.45) is 5.14. The van der Waals surface area contributed by atoms with E-state index in [9.17, 15) is 19.5 Å². The van der Waals surface area contributed by atoms with Crippen LogP contribution in [0.3, 0.4) is 0 Å². The van der Waals surface area contributed by atoms with Crippen molar-refractivity contribution in [1.29, 1.82) is 0 Å². The Kier molecular flexibility index (Phi) is 7.73. The number of nitrogens with zero attached hydrogens (tertiary/aromatic N) is 3. The number of carbonyl (C=O) groups is 3. The number of aryl methyl sites for hydroxylation is 2. The predicted octanol–water partition coefficient (Wildman–Crippen LogP) is 4.70. The number of ether oxygens (including phenoxy) is 4. The number of carbonyl (C=O) groups excluding carboxylic acids is 2. The van der Waals surface area contributed by atoms with Gasteiger partial charge >= 0.3 is 5.97 Å². The van der Waals surface area contributed by atoms with Crippen molar-refractivity contribution in [3.63, 3.8) is 0 Å². The summed E-state index contributed by atoms with van der Waals surface area (Å²) in [7, 11) is 1.60. The smallest absolute Gasteiger partial charge is 0.329 e. The number of pyridine rings is 2. The number of hydrogen-bond acceptors (Lipinski definition) is 9. The quantitative estimate of drug-likeness (QED) is 0.272. The molecule has 0 bridgehead atoms. The lowest BCUT2D eigenvalue weighted by Gasteiger charge is -2.39. The number of amides is 2. The van der Waals surface area contributed by atoms with Gasteiger partial charge in [-0.2, -0.15) is 0 Å². The number of rotatable bonds is 8. The van der Waals surface area contributed by atoms with E-state index in [0.29, 0.717) is 59.0 Å². The van der Waals surface area contributed by atoms with Gasteiger partial charge in [-0.15, -0.1) is 0 Å². The second-order valence-electron chi connectivity index (χ2n) is 13.1. The minimum atomic E-state index is -1.33. The monoisotopic (exact) mass is 664 g/mol. The summed E-state index contributed by atoms with van der Waals surface area (Å²) >= 11 is 0. The number of likely N-dealkylation sites (tertiary alicyclic amines) is 1. The van der Waals surface area contributed by atoms with Gasteiger partial charge in [0.15, 0.2) is 11.5 Å². The van der Waals surface area contributed by atoms with Gasteiger partial charge in [-0.25, -0.2) is 9.78 Å². The number of benzene rings is 2. The first kappa shape index (κ1) is 30.9. The van der Waals surface area contributed by atoms with Gasteiger partial charge < -0.3 is 34.3 Å². The number of methoxy groups -OCH3 is 1. The number of carboxylic acids is 1. The maximum Gasteiger partial charge on any atom is 0.329 e. The van der Waals surface area contributed by atoms with Crippen LogP contribution < -0.4 is 24.3 Å². The molecule has 12 nitrogen and oxygen atoms in total. The van der Waals surface area contributed by atoms with Crippen molar-refractivity contribution in [3.05, 3.63) is 71.4 Å². The van der Waals surface area contributed by atoms with Crippen LogP contribution in [0, 0.1) is 0 Å². The third kappa shape index (κ3) is 5.64. The molecule has 2 aliphatic heterocycles. The summed E-state index contributed by atoms with van der Waals surface area (Å²) in [5.74, 6) is 0.157. The minimum absolute atomic E-state index is 0.0592. The van der Waals surface area contributed by atoms with Crippen LogP contribution in [0.4, 0.5) is 0 Å². The fourth-order valence-corrected chi connectivity index (χ4v) is 7.23. The fraction of sp³-hybridized carbons (Fsp3) is 0.378. The van der Waals surface area contributed by atoms with E-state index in [4.69, 9.17) is 28.9 Å². The highest BCUT2D eigenvalue weighted by molar-refractivity contribution is 5.99. The third-order valence-electron chi connectivity index (χ3n) is 10.1. The second-order valence-corrected chi connectivity index (χ2v) is 13.1. The first-order valence-electron chi connectivity index (χ1n) is 16.7. The Bertz CT molecular complexity index is 1990. The Balaban J connectivity index is 1.13. The van der Waals surface area contributed by atoms with Crippen molar-refractivity contribution >= 4 is 28.7 Å². The van der Waals surface area contributed by atoms with E-state index >= 15 is 0 Å². The van der Waals surface area contributed by atoms with Crippen molar-refractivity contribution in [2.75, 3.05) is 20.4 Å². The molecule has 2 aromatic heterocycles. The first-order valence-corrected chi connectivity index (χ1v) is 16.7. The van der Waals surface area contributed by atoms with E-state index in [1.165, 1.54) is 10.5 Å². The summed E-state index contributed by atoms with van der Waals surface area (Å²) in [5, 5.41) is 13.4. The lowest BCUT2D eigenvalue weighted by molar-refractivity contribution is -0.152. The lowest BCUT2D eigenvalue weighted by atomic mass is 9.76. The summed E-state index contributed by atoms with van der Waals surface area (Å²) in [6.45, 7) is 0.154. The third-order valence-corrected chi connectivity index (χ3v) is 10.1. The molecule has 2 aliphatic carbocycles. The standard InChI is InChI=1S/C37H36N4O8/c1-46-23-9-10-25-28(16-23)39-29(27-11-7-21-5-2-3-6-26(21)38-27)18-32(25)49-24-17-30(34(42)40-37(36(44)45)13-4-14-37)41(19-24)35(43)22-8-12-31-33(15-22)48-20-47-31/h7-12,15-16,18,24,30H,2-6,13-14,17,19-20H2,1H3,(H,40,42)(H,44,45)/t24-,30+/m1/s1. The summed E-state index contributed by atoms with van der Waals surface area (Å²) < 4.78 is 23.1. The van der Waals surface area contributed by atoms with E-state index in [1.807, 2.05) is 30.3 Å². The lowest BCUT2D eigenvalue weighted by Crippen LogP contribution is -2.62. The molecule has 2 fully saturated rings. The molecule has 0 spiro atoms. The van der Waals surface area contributed by atoms with E-state index < -0.39 is 35.5 Å². The van der Waals surface area contributed by atoms with Gasteiger partial charge in [0, 0.05) is 35.2 Å². The molecule has 8 rings (SSSR count). The molecule has 2 atom stereocenters. The van der Waals surface area contributed by atoms with E-state index in [2.05, 4.69) is 11.4 Å². The highest BCUT2D eigenvalue weighted by Crippen LogP contribution is 2.38. The van der Waals surface area contributed by atoms with Crippen LogP contribution in [0.15, 0.2) is 54.6 Å². The first-order chi connectivity index (χ1) is 23.8. The average Bonchev–Trinajstić information content (AvgIpc) is 3.75. The van der Waals surface area contributed by atoms with E-state index in [1.54, 1.807) is 25.3 Å². The van der Waals surface area contributed by atoms with Crippen molar-refractivity contribution in [3.8, 4) is 34.4 Å². The zero-order chi connectivity index (χ0) is 33.7. The van der Waals surface area contributed by atoms with Gasteiger partial charge in [0.2, 0.25) is 12.7 Å². The van der Waals surface area contributed by atoms with E-state index in [-0.39, 0.29) is 19.8 Å². The largest absolute Gasteiger partial charge is 0.497 e. The number of carboxylic acid groups (broad SMARTS) is 1. The molecule has 4 heterocycles. The van der Waals surface area contributed by atoms with Crippen molar-refractivity contribution in [1.82, 2.24) is 20.2 Å². The fourth-order valence-electron chi connectivity index (χ4n) is 7.23. The highest BCUT2D eigenvalue weighted by atomic mass is 16.7. The zero-order valence-electron chi connectivity index (χ0n) is 27.1. The summed E-state index contributed by atoms with van der Waals surface area (Å²) in [6, 6.07) is 15.5. The zero-order valence-corrected chi connectivity index (χ0v) is 27.1. The van der Waals surface area contributed by atoms with Crippen molar-refractivity contribution in [2.24, 2.45) is 0 Å². The molecule has 0 unspecified atom stereocenters. The number of aromatic nitrogens is 2. The molecular weight excluding hydrogens is 628 g/mol. The van der Waals surface area contributed by atoms with Crippen LogP contribution in [0.25, 0.3) is 22.3 Å². The van der Waals surface area contributed by atoms with Crippen LogP contribution in [-0.2, 0) is 22.4 Å². The van der Waals surface area contributed by atoms with Gasteiger partial charge in [0.05, 0.1) is 30.6 Å². The molecular formula is C37H36N4O8. The van der Waals surface area contributed by atoms with Gasteiger partial charge in [0.1, 0.15) is 29.2 Å². The number of fused-ring (bicyclic) bond motifs is 3. The molecule has 12 heteroatoms. The Labute approximate surface area is 282 Å². The second kappa shape index (κ2) is 12.2. The Morgan fingerprint density at radius 2 is 1.78 bits per heavy atom. The van der Waals surface area contributed by atoms with E-state index in [0.717, 1.165) is 42.5 Å². The molecule has 2 N–H and O–H groups in total. The molecule has 49 heavy (non-hydrogen) atoms. The molecule has 0 radical (unpaired) electrons. The molecule has 1 saturated heterocycles. The van der Waals surface area contributed by atoms with Gasteiger partial charge in [-0.05, 0) is 86.9 Å². The van der Waals surface area contributed by atoms with Crippen LogP contribution in [0.2, 0.25) is 0 Å². The maximum absolute atomic E-state index is 14.0. The number of hydrogen-bond donors (Lipinski definition) is 2. The number of nitrogens with one attached hydrogen (secondary N) is 1. The van der Waals surface area contributed by atoms with Gasteiger partial charge in [-0.1, -0.05) is 6.07 Å². The Hall–Kier alpha value is -5.39.